The highest BCUT2D eigenvalue weighted by Crippen LogP contribution is 2.25. The van der Waals surface area contributed by atoms with Gasteiger partial charge in [-0.25, -0.2) is 12.7 Å². The molecule has 1 N–H and O–H groups in total. The monoisotopic (exact) mass is 473 g/mol. The van der Waals surface area contributed by atoms with Gasteiger partial charge in [0, 0.05) is 32.2 Å². The number of hydrogen-bond donors (Lipinski definition) is 1. The number of aryl methyl sites for hydroxylation is 2. The van der Waals surface area contributed by atoms with Crippen molar-refractivity contribution in [3.05, 3.63) is 64.7 Å². The molecule has 2 aromatic rings. The molecule has 0 fully saturated rings. The van der Waals surface area contributed by atoms with Crippen LogP contribution in [0.2, 0.25) is 0 Å². The van der Waals surface area contributed by atoms with Crippen LogP contribution in [-0.4, -0.2) is 57.3 Å². The van der Waals surface area contributed by atoms with Crippen molar-refractivity contribution < 1.29 is 13.2 Å². The number of carbonyl (C=O) groups is 1. The van der Waals surface area contributed by atoms with Crippen molar-refractivity contribution >= 4 is 15.9 Å². The third-order valence-electron chi connectivity index (χ3n) is 6.49. The zero-order valence-electron chi connectivity index (χ0n) is 21.2. The van der Waals surface area contributed by atoms with Gasteiger partial charge in [0.2, 0.25) is 10.0 Å². The van der Waals surface area contributed by atoms with E-state index in [0.29, 0.717) is 11.5 Å². The second kappa shape index (κ2) is 11.3. The molecule has 0 aliphatic rings. The van der Waals surface area contributed by atoms with Crippen molar-refractivity contribution in [2.75, 3.05) is 27.7 Å². The Labute approximate surface area is 200 Å². The molecule has 0 bridgehead atoms. The molecule has 33 heavy (non-hydrogen) atoms. The first kappa shape index (κ1) is 27.0. The molecule has 0 aromatic heterocycles. The van der Waals surface area contributed by atoms with Crippen LogP contribution in [0, 0.1) is 19.8 Å². The van der Waals surface area contributed by atoms with Gasteiger partial charge in [-0.2, -0.15) is 0 Å². The lowest BCUT2D eigenvalue weighted by molar-refractivity contribution is 0.0898. The van der Waals surface area contributed by atoms with Gasteiger partial charge in [-0.1, -0.05) is 50.6 Å². The van der Waals surface area contributed by atoms with E-state index in [0.717, 1.165) is 29.7 Å². The largest absolute Gasteiger partial charge is 0.344 e. The molecule has 182 valence electrons. The summed E-state index contributed by atoms with van der Waals surface area (Å²) in [7, 11) is 1.59. The summed E-state index contributed by atoms with van der Waals surface area (Å²) in [5.74, 6) is 0.407. The number of hydrogen-bond acceptors (Lipinski definition) is 4. The van der Waals surface area contributed by atoms with Gasteiger partial charge in [0.15, 0.2) is 0 Å². The first-order valence-electron chi connectivity index (χ1n) is 11.5. The average molecular weight is 474 g/mol. The summed E-state index contributed by atoms with van der Waals surface area (Å²) in [6, 6.07) is 12.4. The van der Waals surface area contributed by atoms with Crippen molar-refractivity contribution in [3.8, 4) is 0 Å². The van der Waals surface area contributed by atoms with Crippen molar-refractivity contribution in [1.29, 1.82) is 0 Å². The number of nitrogens with one attached hydrogen (secondary N) is 1. The highest BCUT2D eigenvalue weighted by Gasteiger charge is 2.27. The molecule has 1 amide bonds. The van der Waals surface area contributed by atoms with Gasteiger partial charge >= 0.3 is 0 Å². The number of carbonyl (C=O) groups excluding carboxylic acids is 1. The Morgan fingerprint density at radius 3 is 2.00 bits per heavy atom. The number of likely N-dealkylation sites (N-methyl/N-ethyl adjacent to an activating group) is 1. The van der Waals surface area contributed by atoms with Crippen LogP contribution in [0.3, 0.4) is 0 Å². The maximum atomic E-state index is 13.4. The van der Waals surface area contributed by atoms with Crippen molar-refractivity contribution in [3.63, 3.8) is 0 Å². The van der Waals surface area contributed by atoms with Gasteiger partial charge in [-0.3, -0.25) is 4.79 Å². The highest BCUT2D eigenvalue weighted by atomic mass is 32.2. The Balaban J connectivity index is 2.43. The number of benzene rings is 2. The second-order valence-corrected chi connectivity index (χ2v) is 11.4. The van der Waals surface area contributed by atoms with E-state index < -0.39 is 10.0 Å². The number of rotatable bonds is 10. The molecule has 0 radical (unpaired) electrons. The summed E-state index contributed by atoms with van der Waals surface area (Å²) in [6.07, 6.45) is 1.08. The standard InChI is InChI=1S/C26H39N3O3S/c1-9-18(2)17-29(8)21(5)25(27-26(30)24-19(3)11-10-12-20(24)4)22-13-15-23(16-14-22)33(31,32)28(6)7/h10-16,18,21,25H,9,17H2,1-8H3,(H,27,30). The van der Waals surface area contributed by atoms with E-state index in [1.165, 1.54) is 18.4 Å². The van der Waals surface area contributed by atoms with Gasteiger partial charge in [-0.15, -0.1) is 0 Å². The fourth-order valence-corrected chi connectivity index (χ4v) is 4.87. The zero-order valence-corrected chi connectivity index (χ0v) is 22.0. The Kier molecular flexibility index (Phi) is 9.23. The van der Waals surface area contributed by atoms with Crippen LogP contribution in [0.1, 0.15) is 60.3 Å². The smallest absolute Gasteiger partial charge is 0.252 e. The van der Waals surface area contributed by atoms with Crippen LogP contribution in [0.4, 0.5) is 0 Å². The van der Waals surface area contributed by atoms with Gasteiger partial charge in [0.1, 0.15) is 0 Å². The first-order valence-corrected chi connectivity index (χ1v) is 12.9. The minimum Gasteiger partial charge on any atom is -0.344 e. The molecule has 0 aliphatic carbocycles. The molecule has 7 heteroatoms. The molecule has 6 nitrogen and oxygen atoms in total. The zero-order chi connectivity index (χ0) is 24.9. The summed E-state index contributed by atoms with van der Waals surface area (Å²) in [5, 5.41) is 3.24. The Morgan fingerprint density at radius 1 is 0.970 bits per heavy atom. The summed E-state index contributed by atoms with van der Waals surface area (Å²) in [4.78, 5) is 15.9. The van der Waals surface area contributed by atoms with Crippen LogP contribution < -0.4 is 5.32 Å². The lowest BCUT2D eigenvalue weighted by atomic mass is 9.96. The molecule has 0 spiro atoms. The molecule has 0 heterocycles. The molecule has 0 saturated carbocycles. The third-order valence-corrected chi connectivity index (χ3v) is 8.32. The van der Waals surface area contributed by atoms with Crippen LogP contribution in [-0.2, 0) is 10.0 Å². The van der Waals surface area contributed by atoms with E-state index >= 15 is 0 Å². The van der Waals surface area contributed by atoms with E-state index in [2.05, 4.69) is 38.0 Å². The molecule has 3 unspecified atom stereocenters. The fraction of sp³-hybridized carbons (Fsp3) is 0.500. The van der Waals surface area contributed by atoms with Crippen LogP contribution in [0.25, 0.3) is 0 Å². The van der Waals surface area contributed by atoms with E-state index in [9.17, 15) is 13.2 Å². The van der Waals surface area contributed by atoms with Gasteiger partial charge in [0.25, 0.3) is 5.91 Å². The van der Waals surface area contributed by atoms with Gasteiger partial charge in [-0.05, 0) is 62.6 Å². The topological polar surface area (TPSA) is 69.7 Å². The second-order valence-electron chi connectivity index (χ2n) is 9.27. The molecule has 2 rings (SSSR count). The van der Waals surface area contributed by atoms with Crippen LogP contribution in [0.15, 0.2) is 47.4 Å². The molecule has 0 saturated heterocycles. The van der Waals surface area contributed by atoms with Crippen LogP contribution >= 0.6 is 0 Å². The van der Waals surface area contributed by atoms with E-state index in [4.69, 9.17) is 0 Å². The van der Waals surface area contributed by atoms with Crippen molar-refractivity contribution in [2.45, 2.75) is 58.0 Å². The van der Waals surface area contributed by atoms with Gasteiger partial charge < -0.3 is 10.2 Å². The Bertz CT molecular complexity index is 1030. The van der Waals surface area contributed by atoms with E-state index in [1.54, 1.807) is 24.3 Å². The van der Waals surface area contributed by atoms with Crippen molar-refractivity contribution in [1.82, 2.24) is 14.5 Å². The summed E-state index contributed by atoms with van der Waals surface area (Å²) >= 11 is 0. The predicted molar refractivity (Wildman–Crippen MR) is 135 cm³/mol. The fourth-order valence-electron chi connectivity index (χ4n) is 3.97. The summed E-state index contributed by atoms with van der Waals surface area (Å²) in [5.41, 5.74) is 3.42. The van der Waals surface area contributed by atoms with E-state index in [1.807, 2.05) is 32.0 Å². The SMILES string of the molecule is CCC(C)CN(C)C(C)C(NC(=O)c1c(C)cccc1C)c1ccc(S(=O)(=O)N(C)C)cc1. The normalized spacial score (nSPS) is 14.8. The minimum atomic E-state index is -3.52. The number of sulfonamides is 1. The van der Waals surface area contributed by atoms with Crippen LogP contribution in [0.5, 0.6) is 0 Å². The molecule has 3 atom stereocenters. The average Bonchev–Trinajstić information content (AvgIpc) is 2.76. The first-order chi connectivity index (χ1) is 15.4. The Morgan fingerprint density at radius 2 is 1.52 bits per heavy atom. The molecule has 2 aromatic carbocycles. The van der Waals surface area contributed by atoms with Crippen molar-refractivity contribution in [2.24, 2.45) is 5.92 Å². The number of nitrogens with zero attached hydrogens (tertiary/aromatic N) is 2. The lowest BCUT2D eigenvalue weighted by Crippen LogP contribution is -2.44. The quantitative estimate of drug-likeness (QED) is 0.556. The van der Waals surface area contributed by atoms with Gasteiger partial charge in [0.05, 0.1) is 10.9 Å². The summed E-state index contributed by atoms with van der Waals surface area (Å²) < 4.78 is 26.2. The highest BCUT2D eigenvalue weighted by molar-refractivity contribution is 7.89. The predicted octanol–water partition coefficient (Wildman–Crippen LogP) is 4.39. The Hall–Kier alpha value is -2.22. The third kappa shape index (κ3) is 6.43. The maximum Gasteiger partial charge on any atom is 0.252 e. The number of amides is 1. The minimum absolute atomic E-state index is 0.00332. The maximum absolute atomic E-state index is 13.4. The lowest BCUT2D eigenvalue weighted by Gasteiger charge is -2.34. The molecular weight excluding hydrogens is 434 g/mol. The molecule has 0 aliphatic heterocycles. The molecular formula is C26H39N3O3S. The van der Waals surface area contributed by atoms with E-state index in [-0.39, 0.29) is 22.9 Å². The summed E-state index contributed by atoms with van der Waals surface area (Å²) in [6.45, 7) is 11.3.